The van der Waals surface area contributed by atoms with Crippen LogP contribution in [0.15, 0.2) is 0 Å². The van der Waals surface area contributed by atoms with E-state index >= 15 is 0 Å². The molecule has 1 saturated carbocycles. The zero-order valence-corrected chi connectivity index (χ0v) is 13.6. The van der Waals surface area contributed by atoms with Crippen LogP contribution in [0.4, 0.5) is 0 Å². The lowest BCUT2D eigenvalue weighted by atomic mass is 10.0. The molecule has 2 aliphatic rings. The van der Waals surface area contributed by atoms with E-state index in [4.69, 9.17) is 0 Å². The number of likely N-dealkylation sites (tertiary alicyclic amines) is 1. The Morgan fingerprint density at radius 2 is 1.67 bits per heavy atom. The van der Waals surface area contributed by atoms with Gasteiger partial charge in [-0.15, -0.1) is 0 Å². The summed E-state index contributed by atoms with van der Waals surface area (Å²) >= 11 is 0. The van der Waals surface area contributed by atoms with Crippen LogP contribution in [0.2, 0.25) is 0 Å². The molecule has 0 aromatic rings. The highest BCUT2D eigenvalue weighted by Gasteiger charge is 2.66. The van der Waals surface area contributed by atoms with Crippen LogP contribution in [0.1, 0.15) is 40.5 Å². The normalized spacial score (nSPS) is 28.7. The van der Waals surface area contributed by atoms with Gasteiger partial charge in [0.1, 0.15) is 0 Å². The van der Waals surface area contributed by atoms with Gasteiger partial charge in [0, 0.05) is 19.1 Å². The minimum absolute atomic E-state index is 0.0467. The lowest BCUT2D eigenvalue weighted by Crippen LogP contribution is -2.47. The highest BCUT2D eigenvalue weighted by molar-refractivity contribution is 5.91. The van der Waals surface area contributed by atoms with Gasteiger partial charge in [0.15, 0.2) is 0 Å². The smallest absolute Gasteiger partial charge is 0.307 e. The van der Waals surface area contributed by atoms with E-state index in [2.05, 4.69) is 18.7 Å². The Kier molecular flexibility index (Phi) is 4.61. The number of amides is 1. The number of piperidine rings is 1. The first-order valence-corrected chi connectivity index (χ1v) is 8.10. The predicted octanol–water partition coefficient (Wildman–Crippen LogP) is 1.68. The summed E-state index contributed by atoms with van der Waals surface area (Å²) in [7, 11) is 0. The van der Waals surface area contributed by atoms with E-state index in [1.807, 2.05) is 18.7 Å². The highest BCUT2D eigenvalue weighted by atomic mass is 16.4. The number of carbonyl (C=O) groups is 2. The van der Waals surface area contributed by atoms with Crippen molar-refractivity contribution in [2.24, 2.45) is 17.3 Å². The molecule has 2 rings (SSSR count). The monoisotopic (exact) mass is 296 g/mol. The molecule has 0 spiro atoms. The van der Waals surface area contributed by atoms with Crippen LogP contribution >= 0.6 is 0 Å². The SMILES string of the molecule is CCN(CC)C1CCN(C(=O)C2C(C(=O)O)C2(C)C)CC1. The van der Waals surface area contributed by atoms with Crippen molar-refractivity contribution in [1.29, 1.82) is 0 Å². The van der Waals surface area contributed by atoms with Crippen LogP contribution in [-0.2, 0) is 9.59 Å². The molecule has 120 valence electrons. The van der Waals surface area contributed by atoms with Crippen LogP contribution in [0.5, 0.6) is 0 Å². The molecule has 0 aromatic heterocycles. The van der Waals surface area contributed by atoms with Crippen molar-refractivity contribution < 1.29 is 14.7 Å². The van der Waals surface area contributed by atoms with Gasteiger partial charge >= 0.3 is 5.97 Å². The number of carbonyl (C=O) groups excluding carboxylic acids is 1. The Hall–Kier alpha value is -1.10. The zero-order chi connectivity index (χ0) is 15.8. The lowest BCUT2D eigenvalue weighted by molar-refractivity contribution is -0.142. The molecule has 5 nitrogen and oxygen atoms in total. The molecule has 1 aliphatic carbocycles. The summed E-state index contributed by atoms with van der Waals surface area (Å²) in [6, 6.07) is 0.562. The van der Waals surface area contributed by atoms with Gasteiger partial charge in [-0.1, -0.05) is 27.7 Å². The molecule has 2 unspecified atom stereocenters. The van der Waals surface area contributed by atoms with Crippen LogP contribution in [0, 0.1) is 17.3 Å². The first kappa shape index (κ1) is 16.3. The van der Waals surface area contributed by atoms with Crippen molar-refractivity contribution in [1.82, 2.24) is 9.80 Å². The lowest BCUT2D eigenvalue weighted by Gasteiger charge is -2.38. The van der Waals surface area contributed by atoms with Gasteiger partial charge < -0.3 is 14.9 Å². The molecule has 1 aliphatic heterocycles. The van der Waals surface area contributed by atoms with E-state index < -0.39 is 17.3 Å². The quantitative estimate of drug-likeness (QED) is 0.838. The summed E-state index contributed by atoms with van der Waals surface area (Å²) in [4.78, 5) is 28.1. The Labute approximate surface area is 127 Å². The second-order valence-corrected chi connectivity index (χ2v) is 6.89. The first-order valence-electron chi connectivity index (χ1n) is 8.10. The number of carboxylic acid groups (broad SMARTS) is 1. The molecule has 0 aromatic carbocycles. The van der Waals surface area contributed by atoms with E-state index in [0.29, 0.717) is 6.04 Å². The third-order valence-corrected chi connectivity index (χ3v) is 5.46. The standard InChI is InChI=1S/C16H28N2O3/c1-5-17(6-2)11-7-9-18(10-8-11)14(19)12-13(15(20)21)16(12,3)4/h11-13H,5-10H2,1-4H3,(H,20,21). The highest BCUT2D eigenvalue weighted by Crippen LogP contribution is 2.59. The van der Waals surface area contributed by atoms with Crippen molar-refractivity contribution in [2.75, 3.05) is 26.2 Å². The molecule has 1 saturated heterocycles. The number of rotatable bonds is 5. The van der Waals surface area contributed by atoms with Gasteiger partial charge in [0.25, 0.3) is 0 Å². The van der Waals surface area contributed by atoms with E-state index in [1.54, 1.807) is 0 Å². The molecule has 0 bridgehead atoms. The number of hydrogen-bond acceptors (Lipinski definition) is 3. The van der Waals surface area contributed by atoms with Gasteiger partial charge in [-0.2, -0.15) is 0 Å². The van der Waals surface area contributed by atoms with Gasteiger partial charge in [-0.25, -0.2) is 0 Å². The predicted molar refractivity (Wildman–Crippen MR) is 80.9 cm³/mol. The Bertz CT molecular complexity index is 410. The topological polar surface area (TPSA) is 60.9 Å². The fourth-order valence-electron chi connectivity index (χ4n) is 3.95. The summed E-state index contributed by atoms with van der Waals surface area (Å²) in [6.07, 6.45) is 2.00. The second-order valence-electron chi connectivity index (χ2n) is 6.89. The summed E-state index contributed by atoms with van der Waals surface area (Å²) in [6.45, 7) is 11.7. The Morgan fingerprint density at radius 3 is 2.05 bits per heavy atom. The third-order valence-electron chi connectivity index (χ3n) is 5.46. The molecule has 2 fully saturated rings. The molecule has 1 N–H and O–H groups in total. The fourth-order valence-corrected chi connectivity index (χ4v) is 3.95. The van der Waals surface area contributed by atoms with Crippen molar-refractivity contribution in [3.63, 3.8) is 0 Å². The molecule has 21 heavy (non-hydrogen) atoms. The van der Waals surface area contributed by atoms with Crippen LogP contribution in [0.25, 0.3) is 0 Å². The zero-order valence-electron chi connectivity index (χ0n) is 13.6. The van der Waals surface area contributed by atoms with Gasteiger partial charge in [0.2, 0.25) is 5.91 Å². The fraction of sp³-hybridized carbons (Fsp3) is 0.875. The van der Waals surface area contributed by atoms with Crippen LogP contribution in [-0.4, -0.2) is 59.0 Å². The summed E-state index contributed by atoms with van der Waals surface area (Å²) in [5.74, 6) is -1.63. The minimum atomic E-state index is -0.837. The molecule has 1 heterocycles. The van der Waals surface area contributed by atoms with Crippen LogP contribution < -0.4 is 0 Å². The Morgan fingerprint density at radius 1 is 1.14 bits per heavy atom. The van der Waals surface area contributed by atoms with E-state index in [-0.39, 0.29) is 11.8 Å². The third kappa shape index (κ3) is 2.93. The molecular formula is C16H28N2O3. The van der Waals surface area contributed by atoms with E-state index in [1.165, 1.54) is 0 Å². The summed E-state index contributed by atoms with van der Waals surface area (Å²) in [5, 5.41) is 9.21. The number of nitrogens with zero attached hydrogens (tertiary/aromatic N) is 2. The maximum Gasteiger partial charge on any atom is 0.307 e. The molecule has 1 amide bonds. The average molecular weight is 296 g/mol. The minimum Gasteiger partial charge on any atom is -0.481 e. The number of aliphatic carboxylic acids is 1. The van der Waals surface area contributed by atoms with Gasteiger partial charge in [-0.3, -0.25) is 9.59 Å². The summed E-state index contributed by atoms with van der Waals surface area (Å²) in [5.41, 5.74) is -0.390. The van der Waals surface area contributed by atoms with Gasteiger partial charge in [0.05, 0.1) is 11.8 Å². The molecule has 2 atom stereocenters. The average Bonchev–Trinajstić information content (AvgIpc) is 3.03. The maximum atomic E-state index is 12.6. The van der Waals surface area contributed by atoms with Crippen molar-refractivity contribution in [3.8, 4) is 0 Å². The molecule has 5 heteroatoms. The van der Waals surface area contributed by atoms with E-state index in [0.717, 1.165) is 39.0 Å². The van der Waals surface area contributed by atoms with Crippen molar-refractivity contribution >= 4 is 11.9 Å². The van der Waals surface area contributed by atoms with Crippen LogP contribution in [0.3, 0.4) is 0 Å². The molecular weight excluding hydrogens is 268 g/mol. The summed E-state index contributed by atoms with van der Waals surface area (Å²) < 4.78 is 0. The molecule has 0 radical (unpaired) electrons. The van der Waals surface area contributed by atoms with Crippen molar-refractivity contribution in [2.45, 2.75) is 46.6 Å². The maximum absolute atomic E-state index is 12.6. The van der Waals surface area contributed by atoms with E-state index in [9.17, 15) is 14.7 Å². The van der Waals surface area contributed by atoms with Gasteiger partial charge in [-0.05, 0) is 31.3 Å². The van der Waals surface area contributed by atoms with Crippen molar-refractivity contribution in [3.05, 3.63) is 0 Å². The first-order chi connectivity index (χ1) is 9.84. The largest absolute Gasteiger partial charge is 0.481 e. The number of hydrogen-bond donors (Lipinski definition) is 1. The number of carboxylic acids is 1. The Balaban J connectivity index is 1.91. The second kappa shape index (κ2) is 5.95.